The summed E-state index contributed by atoms with van der Waals surface area (Å²) in [4.78, 5) is 0. The van der Waals surface area contributed by atoms with Crippen LogP contribution in [0.3, 0.4) is 0 Å². The maximum atomic E-state index is 4.56. The second kappa shape index (κ2) is 13.9. The zero-order valence-electron chi connectivity index (χ0n) is 25.9. The topological polar surface area (TPSA) is 12.0 Å². The highest BCUT2D eigenvalue weighted by atomic mass is 28.4. The van der Waals surface area contributed by atoms with Crippen LogP contribution in [0.4, 0.5) is 0 Å². The van der Waals surface area contributed by atoms with Crippen molar-refractivity contribution in [3.05, 3.63) is 77.9 Å². The van der Waals surface area contributed by atoms with Gasteiger partial charge < -0.3 is 4.65 Å². The highest BCUT2D eigenvalue weighted by Gasteiger charge is 2.53. The number of aryl methyl sites for hydroxylation is 1. The molecule has 2 aromatic rings. The van der Waals surface area contributed by atoms with Crippen molar-refractivity contribution in [2.24, 2.45) is 0 Å². The Balaban J connectivity index is 0.000000377. The Bertz CT molecular complexity index is 835. The van der Waals surface area contributed by atoms with E-state index in [0.717, 1.165) is 38.8 Å². The Morgan fingerprint density at radius 2 is 0.833 bits per heavy atom. The summed E-state index contributed by atoms with van der Waals surface area (Å²) in [6, 6.07) is 18.7. The lowest BCUT2D eigenvalue weighted by atomic mass is 9.99. The Labute approximate surface area is 227 Å². The smallest absolute Gasteiger partial charge is 0.126 e. The van der Waals surface area contributed by atoms with Gasteiger partial charge in [0.1, 0.15) is 16.5 Å². The average Bonchev–Trinajstić information content (AvgIpc) is 2.79. The molecule has 0 amide bonds. The molecule has 0 radical (unpaired) electrons. The first-order valence-electron chi connectivity index (χ1n) is 14.2. The number of benzene rings is 2. The van der Waals surface area contributed by atoms with E-state index in [4.69, 9.17) is 0 Å². The minimum absolute atomic E-state index is 0.792. The monoisotopic (exact) mass is 523 g/mol. The van der Waals surface area contributed by atoms with Gasteiger partial charge in [-0.05, 0) is 56.9 Å². The highest BCUT2D eigenvalue weighted by molar-refractivity contribution is 6.96. The molecule has 2 rings (SSSR count). The van der Waals surface area contributed by atoms with Crippen LogP contribution in [0.5, 0.6) is 0 Å². The predicted molar refractivity (Wildman–Crippen MR) is 171 cm³/mol. The van der Waals surface area contributed by atoms with Crippen molar-refractivity contribution in [3.8, 4) is 0 Å². The summed E-state index contributed by atoms with van der Waals surface area (Å²) < 4.78 is 4.56. The molecular weight excluding hydrogens is 467 g/mol. The molecule has 0 bridgehead atoms. The summed E-state index contributed by atoms with van der Waals surface area (Å²) in [7, 11) is -3.08. The summed E-state index contributed by atoms with van der Waals surface area (Å²) in [5, 5.41) is 0. The second-order valence-corrected chi connectivity index (χ2v) is 24.3. The van der Waals surface area contributed by atoms with Crippen molar-refractivity contribution in [2.75, 3.05) is 0 Å². The maximum Gasteiger partial charge on any atom is 0.126 e. The molecular formula is C33H57NSi2. The van der Waals surface area contributed by atoms with Gasteiger partial charge in [0.25, 0.3) is 0 Å². The third kappa shape index (κ3) is 7.33. The average molecular weight is 524 g/mol. The first-order chi connectivity index (χ1) is 16.6. The fraction of sp³-hybridized carbons (Fsp3) is 0.576. The number of hydrogen-bond acceptors (Lipinski definition) is 1. The lowest BCUT2D eigenvalue weighted by Crippen LogP contribution is -2.72. The molecule has 0 atom stereocenters. The molecule has 0 aromatic heterocycles. The van der Waals surface area contributed by atoms with Crippen LogP contribution in [0.1, 0.15) is 99.8 Å². The van der Waals surface area contributed by atoms with Crippen molar-refractivity contribution >= 4 is 22.0 Å². The van der Waals surface area contributed by atoms with Crippen LogP contribution in [0, 0.1) is 6.92 Å². The van der Waals surface area contributed by atoms with Gasteiger partial charge >= 0.3 is 0 Å². The molecule has 0 spiro atoms. The molecule has 36 heavy (non-hydrogen) atoms. The van der Waals surface area contributed by atoms with E-state index >= 15 is 0 Å². The summed E-state index contributed by atoms with van der Waals surface area (Å²) in [5.74, 6) is 0. The molecule has 1 nitrogen and oxygen atoms in total. The van der Waals surface area contributed by atoms with Gasteiger partial charge in [-0.15, -0.1) is 0 Å². The van der Waals surface area contributed by atoms with Crippen molar-refractivity contribution in [2.45, 2.75) is 123 Å². The Morgan fingerprint density at radius 3 is 1.14 bits per heavy atom. The third-order valence-electron chi connectivity index (χ3n) is 8.69. The van der Waals surface area contributed by atoms with Crippen LogP contribution in [0.15, 0.2) is 61.2 Å². The first-order valence-corrected chi connectivity index (χ1v) is 18.7. The van der Waals surface area contributed by atoms with Crippen LogP contribution in [-0.2, 0) is 0 Å². The standard InChI is InChI=1S/C18H43NSi2.C15H14/c1-13(2)20(14(3)4,15(5)6)19-21(16(7)8,17(9)10)18(11)12;1-12-8-10-15(11-9-12)13(2)14-6-4-3-5-7-14/h13-19H,1-12H3;3-11H,2H2,1H3. The van der Waals surface area contributed by atoms with E-state index in [-0.39, 0.29) is 0 Å². The molecule has 202 valence electrons. The molecule has 0 fully saturated rings. The molecule has 0 aliphatic heterocycles. The number of rotatable bonds is 10. The SMILES string of the molecule is C=C(c1ccccc1)c1ccc(C)cc1.CC(C)[Si](N[Si](C(C)C)(C(C)C)C(C)C)(C(C)C)C(C)C. The number of nitrogens with one attached hydrogen (secondary N) is 1. The van der Waals surface area contributed by atoms with Gasteiger partial charge in [0.2, 0.25) is 0 Å². The Hall–Kier alpha value is -1.43. The Kier molecular flexibility index (Phi) is 12.6. The predicted octanol–water partition coefficient (Wildman–Crippen LogP) is 11.0. The summed E-state index contributed by atoms with van der Waals surface area (Å²) >= 11 is 0. The summed E-state index contributed by atoms with van der Waals surface area (Å²) in [6.07, 6.45) is 0. The van der Waals surface area contributed by atoms with E-state index in [1.54, 1.807) is 0 Å². The van der Waals surface area contributed by atoms with Gasteiger partial charge in [0.15, 0.2) is 0 Å². The third-order valence-corrected chi connectivity index (χ3v) is 23.6. The normalized spacial score (nSPS) is 12.6. The van der Waals surface area contributed by atoms with E-state index in [2.05, 4.69) is 138 Å². The van der Waals surface area contributed by atoms with Crippen LogP contribution >= 0.6 is 0 Å². The molecule has 0 aliphatic rings. The minimum atomic E-state index is -1.54. The minimum Gasteiger partial charge on any atom is -0.358 e. The summed E-state index contributed by atoms with van der Waals surface area (Å²) in [5.41, 5.74) is 9.48. The molecule has 0 saturated carbocycles. The van der Waals surface area contributed by atoms with Gasteiger partial charge in [-0.25, -0.2) is 0 Å². The van der Waals surface area contributed by atoms with Crippen LogP contribution in [-0.4, -0.2) is 16.5 Å². The first kappa shape index (κ1) is 32.6. The van der Waals surface area contributed by atoms with Gasteiger partial charge in [-0.2, -0.15) is 0 Å². The van der Waals surface area contributed by atoms with E-state index in [0.29, 0.717) is 0 Å². The van der Waals surface area contributed by atoms with Crippen molar-refractivity contribution in [3.63, 3.8) is 0 Å². The molecule has 0 unspecified atom stereocenters. The zero-order chi connectivity index (χ0) is 27.8. The van der Waals surface area contributed by atoms with E-state index < -0.39 is 16.5 Å². The van der Waals surface area contributed by atoms with Gasteiger partial charge in [-0.1, -0.05) is 150 Å². The zero-order valence-corrected chi connectivity index (χ0v) is 27.9. The van der Waals surface area contributed by atoms with Crippen molar-refractivity contribution < 1.29 is 0 Å². The van der Waals surface area contributed by atoms with Gasteiger partial charge in [0, 0.05) is 0 Å². The van der Waals surface area contributed by atoms with E-state index in [9.17, 15) is 0 Å². The van der Waals surface area contributed by atoms with Crippen LogP contribution in [0.2, 0.25) is 33.2 Å². The highest BCUT2D eigenvalue weighted by Crippen LogP contribution is 2.46. The fourth-order valence-electron chi connectivity index (χ4n) is 6.80. The molecule has 3 heteroatoms. The maximum absolute atomic E-state index is 4.56. The number of hydrogen-bond donors (Lipinski definition) is 1. The molecule has 0 heterocycles. The lowest BCUT2D eigenvalue weighted by molar-refractivity contribution is 0.736. The van der Waals surface area contributed by atoms with E-state index in [1.807, 2.05) is 18.2 Å². The van der Waals surface area contributed by atoms with Crippen molar-refractivity contribution in [1.82, 2.24) is 4.65 Å². The summed E-state index contributed by atoms with van der Waals surface area (Å²) in [6.45, 7) is 35.9. The molecule has 2 aromatic carbocycles. The Morgan fingerprint density at radius 1 is 0.528 bits per heavy atom. The van der Waals surface area contributed by atoms with Gasteiger partial charge in [0.05, 0.1) is 0 Å². The molecule has 1 N–H and O–H groups in total. The molecule has 0 saturated heterocycles. The fourth-order valence-corrected chi connectivity index (χ4v) is 24.7. The lowest BCUT2D eigenvalue weighted by Gasteiger charge is -2.55. The van der Waals surface area contributed by atoms with Crippen LogP contribution in [0.25, 0.3) is 5.57 Å². The van der Waals surface area contributed by atoms with Gasteiger partial charge in [-0.3, -0.25) is 0 Å². The quantitative estimate of drug-likeness (QED) is 0.305. The largest absolute Gasteiger partial charge is 0.358 e. The van der Waals surface area contributed by atoms with Crippen LogP contribution < -0.4 is 4.65 Å². The van der Waals surface area contributed by atoms with Crippen molar-refractivity contribution in [1.29, 1.82) is 0 Å². The van der Waals surface area contributed by atoms with E-state index in [1.165, 1.54) is 16.7 Å². The molecule has 0 aliphatic carbocycles. The second-order valence-electron chi connectivity index (χ2n) is 12.6.